The van der Waals surface area contributed by atoms with Crippen molar-refractivity contribution in [2.45, 2.75) is 32.7 Å². The van der Waals surface area contributed by atoms with Gasteiger partial charge >= 0.3 is 0 Å². The zero-order valence-electron chi connectivity index (χ0n) is 9.58. The predicted molar refractivity (Wildman–Crippen MR) is 59.1 cm³/mol. The molecule has 82 valence electrons. The van der Waals surface area contributed by atoms with Gasteiger partial charge in [-0.15, -0.1) is 0 Å². The zero-order valence-corrected chi connectivity index (χ0v) is 9.58. The molecule has 0 aliphatic carbocycles. The molecule has 0 amide bonds. The Morgan fingerprint density at radius 3 is 1.71 bits per heavy atom. The van der Waals surface area contributed by atoms with Gasteiger partial charge in [0, 0.05) is 45.3 Å². The molecular weight excluding hydrogens is 174 g/mol. The molecule has 2 aliphatic heterocycles. The van der Waals surface area contributed by atoms with E-state index in [1.165, 1.54) is 52.1 Å². The topological polar surface area (TPSA) is 9.72 Å². The maximum Gasteiger partial charge on any atom is 0.0261 e. The molecule has 0 spiro atoms. The first-order valence-electron chi connectivity index (χ1n) is 6.01. The Hall–Kier alpha value is -0.120. The number of piperazine rings is 1. The van der Waals surface area contributed by atoms with Crippen LogP contribution in [0, 0.1) is 0 Å². The highest BCUT2D eigenvalue weighted by molar-refractivity contribution is 4.75. The van der Waals surface area contributed by atoms with Crippen LogP contribution in [0.4, 0.5) is 0 Å². The molecule has 0 N–H and O–H groups in total. The van der Waals surface area contributed by atoms with Gasteiger partial charge in [0.2, 0.25) is 0 Å². The lowest BCUT2D eigenvalue weighted by Gasteiger charge is -2.40. The van der Waals surface area contributed by atoms with Crippen LogP contribution in [0.15, 0.2) is 0 Å². The number of rotatable bonds is 2. The molecule has 0 aromatic rings. The minimum atomic E-state index is 0.718. The number of nitrogens with zero attached hydrogens (tertiary/aromatic N) is 3. The van der Waals surface area contributed by atoms with Crippen LogP contribution < -0.4 is 0 Å². The third kappa shape index (κ3) is 2.27. The highest BCUT2D eigenvalue weighted by Gasteiger charge is 2.24. The van der Waals surface area contributed by atoms with Gasteiger partial charge in [-0.25, -0.2) is 10.0 Å². The van der Waals surface area contributed by atoms with Crippen molar-refractivity contribution in [3.8, 4) is 0 Å². The van der Waals surface area contributed by atoms with Crippen LogP contribution in [0.25, 0.3) is 0 Å². The maximum absolute atomic E-state index is 2.58. The van der Waals surface area contributed by atoms with Crippen LogP contribution in [0.3, 0.4) is 0 Å². The minimum Gasteiger partial charge on any atom is -0.298 e. The van der Waals surface area contributed by atoms with Crippen molar-refractivity contribution in [1.82, 2.24) is 14.9 Å². The first-order chi connectivity index (χ1) is 6.77. The van der Waals surface area contributed by atoms with E-state index < -0.39 is 0 Å². The van der Waals surface area contributed by atoms with Gasteiger partial charge in [-0.3, -0.25) is 4.90 Å². The summed E-state index contributed by atoms with van der Waals surface area (Å²) in [5, 5.41) is 5.11. The summed E-state index contributed by atoms with van der Waals surface area (Å²) in [5.74, 6) is 0. The molecule has 2 fully saturated rings. The van der Waals surface area contributed by atoms with Crippen molar-refractivity contribution in [1.29, 1.82) is 0 Å². The lowest BCUT2D eigenvalue weighted by Crippen LogP contribution is -2.54. The molecule has 2 saturated heterocycles. The van der Waals surface area contributed by atoms with E-state index in [-0.39, 0.29) is 0 Å². The van der Waals surface area contributed by atoms with E-state index in [1.807, 2.05) is 0 Å². The Labute approximate surface area is 87.6 Å². The molecule has 0 bridgehead atoms. The second-order valence-electron chi connectivity index (χ2n) is 4.74. The summed E-state index contributed by atoms with van der Waals surface area (Å²) in [4.78, 5) is 2.58. The average molecular weight is 197 g/mol. The standard InChI is InChI=1S/C11H23N3/c1-11(2)12-7-9-14(10-8-12)13-5-3-4-6-13/h11H,3-10H2,1-2H3. The van der Waals surface area contributed by atoms with Crippen LogP contribution in [-0.2, 0) is 0 Å². The van der Waals surface area contributed by atoms with Gasteiger partial charge in [-0.05, 0) is 26.7 Å². The van der Waals surface area contributed by atoms with E-state index >= 15 is 0 Å². The fourth-order valence-electron chi connectivity index (χ4n) is 2.49. The number of hydrogen-bond donors (Lipinski definition) is 0. The fraction of sp³-hybridized carbons (Fsp3) is 1.00. The third-order valence-corrected chi connectivity index (χ3v) is 3.50. The third-order valence-electron chi connectivity index (χ3n) is 3.50. The van der Waals surface area contributed by atoms with Crippen molar-refractivity contribution in [2.24, 2.45) is 0 Å². The average Bonchev–Trinajstić information content (AvgIpc) is 2.71. The molecule has 2 heterocycles. The maximum atomic E-state index is 2.58. The monoisotopic (exact) mass is 197 g/mol. The lowest BCUT2D eigenvalue weighted by atomic mass is 10.2. The van der Waals surface area contributed by atoms with Gasteiger partial charge < -0.3 is 0 Å². The summed E-state index contributed by atoms with van der Waals surface area (Å²) in [6.45, 7) is 12.1. The van der Waals surface area contributed by atoms with Crippen LogP contribution in [-0.4, -0.2) is 60.2 Å². The smallest absolute Gasteiger partial charge is 0.0261 e. The molecule has 0 unspecified atom stereocenters. The van der Waals surface area contributed by atoms with E-state index in [1.54, 1.807) is 0 Å². The Morgan fingerprint density at radius 2 is 1.21 bits per heavy atom. The molecule has 0 saturated carbocycles. The second-order valence-corrected chi connectivity index (χ2v) is 4.74. The van der Waals surface area contributed by atoms with E-state index in [4.69, 9.17) is 0 Å². The predicted octanol–water partition coefficient (Wildman–Crippen LogP) is 1.02. The normalized spacial score (nSPS) is 27.6. The van der Waals surface area contributed by atoms with Gasteiger partial charge in [0.05, 0.1) is 0 Å². The number of hydrazine groups is 1. The van der Waals surface area contributed by atoms with Crippen molar-refractivity contribution >= 4 is 0 Å². The van der Waals surface area contributed by atoms with Crippen molar-refractivity contribution < 1.29 is 0 Å². The Bertz CT molecular complexity index is 167. The highest BCUT2D eigenvalue weighted by atomic mass is 15.6. The van der Waals surface area contributed by atoms with Crippen LogP contribution in [0.5, 0.6) is 0 Å². The number of hydrogen-bond acceptors (Lipinski definition) is 3. The SMILES string of the molecule is CC(C)N1CCN(N2CCCC2)CC1. The van der Waals surface area contributed by atoms with Crippen LogP contribution >= 0.6 is 0 Å². The van der Waals surface area contributed by atoms with E-state index in [2.05, 4.69) is 28.8 Å². The van der Waals surface area contributed by atoms with Gasteiger partial charge in [-0.1, -0.05) is 0 Å². The first-order valence-corrected chi connectivity index (χ1v) is 6.01. The molecule has 0 aromatic heterocycles. The zero-order chi connectivity index (χ0) is 9.97. The van der Waals surface area contributed by atoms with Crippen molar-refractivity contribution in [3.05, 3.63) is 0 Å². The minimum absolute atomic E-state index is 0.718. The summed E-state index contributed by atoms with van der Waals surface area (Å²) in [5.41, 5.74) is 0. The van der Waals surface area contributed by atoms with E-state index in [0.29, 0.717) is 0 Å². The Kier molecular flexibility index (Phi) is 3.42. The molecule has 2 rings (SSSR count). The Morgan fingerprint density at radius 1 is 0.714 bits per heavy atom. The summed E-state index contributed by atoms with van der Waals surface area (Å²) in [7, 11) is 0. The quantitative estimate of drug-likeness (QED) is 0.654. The second kappa shape index (κ2) is 4.60. The van der Waals surface area contributed by atoms with Crippen molar-refractivity contribution in [2.75, 3.05) is 39.3 Å². The molecule has 2 aliphatic rings. The molecule has 0 atom stereocenters. The summed E-state index contributed by atoms with van der Waals surface area (Å²) in [6.07, 6.45) is 2.79. The molecule has 3 heteroatoms. The van der Waals surface area contributed by atoms with Gasteiger partial charge in [-0.2, -0.15) is 0 Å². The van der Waals surface area contributed by atoms with Gasteiger partial charge in [0.25, 0.3) is 0 Å². The van der Waals surface area contributed by atoms with Gasteiger partial charge in [0.1, 0.15) is 0 Å². The van der Waals surface area contributed by atoms with E-state index in [9.17, 15) is 0 Å². The molecule has 14 heavy (non-hydrogen) atoms. The van der Waals surface area contributed by atoms with Crippen LogP contribution in [0.2, 0.25) is 0 Å². The summed E-state index contributed by atoms with van der Waals surface area (Å²) < 4.78 is 0. The largest absolute Gasteiger partial charge is 0.298 e. The van der Waals surface area contributed by atoms with Gasteiger partial charge in [0.15, 0.2) is 0 Å². The lowest BCUT2D eigenvalue weighted by molar-refractivity contribution is -0.0457. The molecular formula is C11H23N3. The van der Waals surface area contributed by atoms with E-state index in [0.717, 1.165) is 6.04 Å². The Balaban J connectivity index is 1.77. The van der Waals surface area contributed by atoms with Crippen LogP contribution in [0.1, 0.15) is 26.7 Å². The highest BCUT2D eigenvalue weighted by Crippen LogP contribution is 2.14. The summed E-state index contributed by atoms with van der Waals surface area (Å²) >= 11 is 0. The molecule has 0 radical (unpaired) electrons. The van der Waals surface area contributed by atoms with Crippen molar-refractivity contribution in [3.63, 3.8) is 0 Å². The molecule has 0 aromatic carbocycles. The first kappa shape index (κ1) is 10.4. The summed E-state index contributed by atoms with van der Waals surface area (Å²) in [6, 6.07) is 0.718. The molecule has 3 nitrogen and oxygen atoms in total. The fourth-order valence-corrected chi connectivity index (χ4v) is 2.49.